The number of hydrogen-bond acceptors (Lipinski definition) is 6. The lowest BCUT2D eigenvalue weighted by atomic mass is 9.91. The molecule has 7 heteroatoms. The van der Waals surface area contributed by atoms with Crippen molar-refractivity contribution in [2.45, 2.75) is 25.4 Å². The quantitative estimate of drug-likeness (QED) is 0.603. The molecule has 34 heavy (non-hydrogen) atoms. The van der Waals surface area contributed by atoms with E-state index in [0.717, 1.165) is 57.0 Å². The molecule has 2 saturated heterocycles. The van der Waals surface area contributed by atoms with Crippen LogP contribution in [0.1, 0.15) is 29.6 Å². The maximum Gasteiger partial charge on any atom is 0.335 e. The number of benzene rings is 1. The fraction of sp³-hybridized carbons (Fsp3) is 0.407. The lowest BCUT2D eigenvalue weighted by molar-refractivity contribution is 0.0696. The molecule has 0 saturated carbocycles. The molecule has 0 bridgehead atoms. The number of fused-ring (bicyclic) bond motifs is 1. The molecule has 5 rings (SSSR count). The van der Waals surface area contributed by atoms with Crippen LogP contribution in [0.5, 0.6) is 5.75 Å². The van der Waals surface area contributed by atoms with Crippen LogP contribution in [0.25, 0.3) is 0 Å². The van der Waals surface area contributed by atoms with Gasteiger partial charge in [-0.2, -0.15) is 0 Å². The number of aromatic carboxylic acids is 1. The molecule has 178 valence electrons. The zero-order valence-electron chi connectivity index (χ0n) is 19.2. The summed E-state index contributed by atoms with van der Waals surface area (Å²) in [5.74, 6) is 1.64. The predicted molar refractivity (Wildman–Crippen MR) is 132 cm³/mol. The van der Waals surface area contributed by atoms with E-state index in [1.54, 1.807) is 18.2 Å². The van der Waals surface area contributed by atoms with E-state index in [2.05, 4.69) is 45.6 Å². The molecule has 7 nitrogen and oxygen atoms in total. The third-order valence-electron chi connectivity index (χ3n) is 6.92. The van der Waals surface area contributed by atoms with E-state index in [4.69, 9.17) is 14.6 Å². The minimum atomic E-state index is -0.938. The monoisotopic (exact) mass is 461 g/mol. The molecule has 1 aliphatic carbocycles. The summed E-state index contributed by atoms with van der Waals surface area (Å²) in [4.78, 5) is 18.1. The molecule has 2 aliphatic heterocycles. The number of carboxylic acid groups (broad SMARTS) is 1. The zero-order valence-corrected chi connectivity index (χ0v) is 19.2. The molecule has 0 amide bonds. The van der Waals surface area contributed by atoms with E-state index >= 15 is 0 Å². The largest absolute Gasteiger partial charge is 0.493 e. The van der Waals surface area contributed by atoms with Crippen molar-refractivity contribution in [3.63, 3.8) is 0 Å². The number of nitrogens with one attached hydrogen (secondary N) is 1. The average molecular weight is 462 g/mol. The Kier molecular flexibility index (Phi) is 6.81. The van der Waals surface area contributed by atoms with E-state index in [-0.39, 0.29) is 11.7 Å². The first-order valence-corrected chi connectivity index (χ1v) is 12.1. The Morgan fingerprint density at radius 3 is 2.88 bits per heavy atom. The number of hydrogen-bond donors (Lipinski definition) is 2. The lowest BCUT2D eigenvalue weighted by Gasteiger charge is -2.32. The topological polar surface area (TPSA) is 83.9 Å². The van der Waals surface area contributed by atoms with Crippen LogP contribution >= 0.6 is 0 Å². The lowest BCUT2D eigenvalue weighted by Crippen LogP contribution is -2.36. The molecule has 3 aliphatic rings. The summed E-state index contributed by atoms with van der Waals surface area (Å²) in [6.45, 7) is 4.08. The maximum atomic E-state index is 11.1. The van der Waals surface area contributed by atoms with Crippen LogP contribution in [-0.2, 0) is 4.74 Å². The van der Waals surface area contributed by atoms with E-state index in [0.29, 0.717) is 24.2 Å². The Bertz CT molecular complexity index is 1060. The van der Waals surface area contributed by atoms with Gasteiger partial charge in [0.15, 0.2) is 0 Å². The summed E-state index contributed by atoms with van der Waals surface area (Å²) in [6.07, 6.45) is 11.8. The Labute approximate surface area is 200 Å². The normalized spacial score (nSPS) is 22.2. The summed E-state index contributed by atoms with van der Waals surface area (Å²) >= 11 is 0. The highest BCUT2D eigenvalue weighted by atomic mass is 16.5. The molecule has 1 aromatic heterocycles. The number of pyridine rings is 1. The standard InChI is InChI=1S/C27H31N3O4/c31-27(32)21-4-2-6-24(15-21)34-18-19-9-12-30(13-10-19)25-8-7-23(17-29-25)28-16-22-5-1-3-20-11-14-33-26(20)22/h1-8,15,17,19-20,26,28H,9-14,16,18H2,(H,31,32). The number of ether oxygens (including phenoxy) is 2. The molecule has 1 aromatic carbocycles. The van der Waals surface area contributed by atoms with Gasteiger partial charge in [0.2, 0.25) is 0 Å². The number of carboxylic acids is 1. The van der Waals surface area contributed by atoms with E-state index in [1.165, 1.54) is 5.57 Å². The van der Waals surface area contributed by atoms with Crippen molar-refractivity contribution >= 4 is 17.5 Å². The van der Waals surface area contributed by atoms with Crippen LogP contribution < -0.4 is 15.0 Å². The van der Waals surface area contributed by atoms with Crippen LogP contribution in [-0.4, -0.2) is 55.0 Å². The van der Waals surface area contributed by atoms with Gasteiger partial charge in [-0.3, -0.25) is 0 Å². The number of anilines is 2. The van der Waals surface area contributed by atoms with Crippen molar-refractivity contribution in [3.8, 4) is 5.75 Å². The van der Waals surface area contributed by atoms with Crippen molar-refractivity contribution in [3.05, 3.63) is 72.0 Å². The van der Waals surface area contributed by atoms with Crippen molar-refractivity contribution in [2.75, 3.05) is 43.1 Å². The van der Waals surface area contributed by atoms with Crippen LogP contribution in [0.2, 0.25) is 0 Å². The molecule has 0 radical (unpaired) electrons. The Balaban J connectivity index is 1.07. The second kappa shape index (κ2) is 10.3. The minimum absolute atomic E-state index is 0.219. The Hall–Kier alpha value is -3.32. The number of rotatable bonds is 8. The first kappa shape index (κ1) is 22.5. The molecular formula is C27H31N3O4. The summed E-state index contributed by atoms with van der Waals surface area (Å²) in [5, 5.41) is 12.6. The van der Waals surface area contributed by atoms with Gasteiger partial charge in [-0.1, -0.05) is 24.3 Å². The van der Waals surface area contributed by atoms with Gasteiger partial charge in [0, 0.05) is 32.2 Å². The van der Waals surface area contributed by atoms with Crippen LogP contribution in [0.4, 0.5) is 11.5 Å². The molecular weight excluding hydrogens is 430 g/mol. The summed E-state index contributed by atoms with van der Waals surface area (Å²) in [5.41, 5.74) is 2.56. The highest BCUT2D eigenvalue weighted by Gasteiger charge is 2.30. The number of nitrogens with zero attached hydrogens (tertiary/aromatic N) is 2. The number of allylic oxidation sites excluding steroid dienone is 2. The third-order valence-corrected chi connectivity index (χ3v) is 6.92. The number of aromatic nitrogens is 1. The van der Waals surface area contributed by atoms with Gasteiger partial charge >= 0.3 is 5.97 Å². The number of piperidine rings is 1. The highest BCUT2D eigenvalue weighted by Crippen LogP contribution is 2.31. The van der Waals surface area contributed by atoms with Crippen LogP contribution in [0.3, 0.4) is 0 Å². The maximum absolute atomic E-state index is 11.1. The molecule has 2 unspecified atom stereocenters. The Morgan fingerprint density at radius 2 is 2.09 bits per heavy atom. The fourth-order valence-electron chi connectivity index (χ4n) is 4.90. The molecule has 2 aromatic rings. The summed E-state index contributed by atoms with van der Waals surface area (Å²) in [7, 11) is 0. The summed E-state index contributed by atoms with van der Waals surface area (Å²) in [6, 6.07) is 10.9. The first-order chi connectivity index (χ1) is 16.7. The highest BCUT2D eigenvalue weighted by molar-refractivity contribution is 5.88. The Morgan fingerprint density at radius 1 is 1.21 bits per heavy atom. The molecule has 3 heterocycles. The van der Waals surface area contributed by atoms with Gasteiger partial charge in [0.25, 0.3) is 0 Å². The molecule has 2 atom stereocenters. The first-order valence-electron chi connectivity index (χ1n) is 12.1. The second-order valence-electron chi connectivity index (χ2n) is 9.20. The predicted octanol–water partition coefficient (Wildman–Crippen LogP) is 4.39. The van der Waals surface area contributed by atoms with Crippen molar-refractivity contribution in [1.82, 2.24) is 4.98 Å². The van der Waals surface area contributed by atoms with E-state index < -0.39 is 5.97 Å². The van der Waals surface area contributed by atoms with Gasteiger partial charge in [-0.25, -0.2) is 9.78 Å². The van der Waals surface area contributed by atoms with Crippen molar-refractivity contribution in [1.29, 1.82) is 0 Å². The van der Waals surface area contributed by atoms with E-state index in [9.17, 15) is 4.79 Å². The SMILES string of the molecule is O=C(O)c1cccc(OCC2CCN(c3ccc(NCC4=CC=CC5CCOC45)cn3)CC2)c1. The van der Waals surface area contributed by atoms with Gasteiger partial charge in [0.1, 0.15) is 11.6 Å². The zero-order chi connectivity index (χ0) is 23.3. The molecule has 0 spiro atoms. The van der Waals surface area contributed by atoms with Crippen LogP contribution in [0, 0.1) is 11.8 Å². The van der Waals surface area contributed by atoms with Crippen LogP contribution in [0.15, 0.2) is 66.4 Å². The summed E-state index contributed by atoms with van der Waals surface area (Å²) < 4.78 is 11.8. The minimum Gasteiger partial charge on any atom is -0.493 e. The van der Waals surface area contributed by atoms with Gasteiger partial charge < -0.3 is 24.8 Å². The van der Waals surface area contributed by atoms with Crippen molar-refractivity contribution in [2.24, 2.45) is 11.8 Å². The van der Waals surface area contributed by atoms with Crippen molar-refractivity contribution < 1.29 is 19.4 Å². The molecule has 2 fully saturated rings. The third kappa shape index (κ3) is 5.25. The fourth-order valence-corrected chi connectivity index (χ4v) is 4.90. The van der Waals surface area contributed by atoms with Gasteiger partial charge in [-0.15, -0.1) is 0 Å². The number of carbonyl (C=O) groups is 1. The van der Waals surface area contributed by atoms with Gasteiger partial charge in [0.05, 0.1) is 30.2 Å². The van der Waals surface area contributed by atoms with E-state index in [1.807, 2.05) is 12.3 Å². The second-order valence-corrected chi connectivity index (χ2v) is 9.20. The molecule has 2 N–H and O–H groups in total. The smallest absolute Gasteiger partial charge is 0.335 e. The van der Waals surface area contributed by atoms with Gasteiger partial charge in [-0.05, 0) is 61.1 Å². The average Bonchev–Trinajstić information content (AvgIpc) is 3.37.